The van der Waals surface area contributed by atoms with Crippen molar-refractivity contribution in [1.82, 2.24) is 0 Å². The van der Waals surface area contributed by atoms with Gasteiger partial charge in [0.05, 0.1) is 24.0 Å². The van der Waals surface area contributed by atoms with Gasteiger partial charge in [0.15, 0.2) is 0 Å². The second-order valence-corrected chi connectivity index (χ2v) is 7.25. The van der Waals surface area contributed by atoms with Gasteiger partial charge in [0.1, 0.15) is 0 Å². The number of carbonyl (C=O) groups excluding carboxylic acids is 2. The summed E-state index contributed by atoms with van der Waals surface area (Å²) in [5.74, 6) is -1.10. The maximum absolute atomic E-state index is 12.3. The molecule has 0 aliphatic carbocycles. The van der Waals surface area contributed by atoms with E-state index in [0.717, 1.165) is 6.26 Å². The fourth-order valence-electron chi connectivity index (χ4n) is 2.01. The molecule has 7 nitrogen and oxygen atoms in total. The second-order valence-electron chi connectivity index (χ2n) is 5.10. The molecule has 0 radical (unpaired) electrons. The first-order valence-corrected chi connectivity index (χ1v) is 9.23. The Hall–Kier alpha value is -2.58. The highest BCUT2D eigenvalue weighted by Gasteiger charge is 2.14. The molecule has 132 valence electrons. The summed E-state index contributed by atoms with van der Waals surface area (Å²) in [5, 5.41) is 2.81. The van der Waals surface area contributed by atoms with Gasteiger partial charge in [-0.25, -0.2) is 13.2 Å². The van der Waals surface area contributed by atoms with Crippen LogP contribution in [0.15, 0.2) is 42.5 Å². The molecule has 2 aromatic carbocycles. The maximum atomic E-state index is 12.3. The van der Waals surface area contributed by atoms with E-state index in [-0.39, 0.29) is 21.8 Å². The lowest BCUT2D eigenvalue weighted by molar-refractivity contribution is 0.0600. The molecule has 0 fully saturated rings. The molecule has 0 saturated carbocycles. The lowest BCUT2D eigenvalue weighted by atomic mass is 10.1. The number of benzene rings is 2. The predicted molar refractivity (Wildman–Crippen MR) is 95.7 cm³/mol. The maximum Gasteiger partial charge on any atom is 0.339 e. The van der Waals surface area contributed by atoms with Crippen LogP contribution in [0.25, 0.3) is 0 Å². The average molecular weight is 383 g/mol. The number of methoxy groups -OCH3 is 1. The van der Waals surface area contributed by atoms with Gasteiger partial charge in [0.2, 0.25) is 10.0 Å². The first-order chi connectivity index (χ1) is 11.7. The van der Waals surface area contributed by atoms with Gasteiger partial charge in [0.25, 0.3) is 5.91 Å². The molecule has 0 aliphatic heterocycles. The zero-order chi connectivity index (χ0) is 18.6. The molecule has 0 spiro atoms. The summed E-state index contributed by atoms with van der Waals surface area (Å²) in [5.41, 5.74) is 0.968. The van der Waals surface area contributed by atoms with Crippen molar-refractivity contribution in [3.05, 3.63) is 58.6 Å². The SMILES string of the molecule is COC(=O)c1cc(NC(=O)c2cccc(NS(C)(=O)=O)c2)ccc1Cl. The largest absolute Gasteiger partial charge is 0.465 e. The molecular weight excluding hydrogens is 368 g/mol. The van der Waals surface area contributed by atoms with E-state index < -0.39 is 21.9 Å². The minimum atomic E-state index is -3.45. The Balaban J connectivity index is 2.23. The number of ether oxygens (including phenoxy) is 1. The van der Waals surface area contributed by atoms with Crippen LogP contribution in [0.5, 0.6) is 0 Å². The van der Waals surface area contributed by atoms with Crippen molar-refractivity contribution >= 4 is 44.9 Å². The summed E-state index contributed by atoms with van der Waals surface area (Å²) < 4.78 is 29.4. The van der Waals surface area contributed by atoms with Gasteiger partial charge in [-0.15, -0.1) is 0 Å². The van der Waals surface area contributed by atoms with Crippen LogP contribution in [0.1, 0.15) is 20.7 Å². The molecule has 2 rings (SSSR count). The number of amides is 1. The van der Waals surface area contributed by atoms with Crippen molar-refractivity contribution < 1.29 is 22.7 Å². The Morgan fingerprint density at radius 2 is 1.80 bits per heavy atom. The van der Waals surface area contributed by atoms with E-state index in [0.29, 0.717) is 5.69 Å². The first kappa shape index (κ1) is 18.8. The molecule has 25 heavy (non-hydrogen) atoms. The minimum Gasteiger partial charge on any atom is -0.465 e. The minimum absolute atomic E-state index is 0.120. The molecule has 9 heteroatoms. The summed E-state index contributed by atoms with van der Waals surface area (Å²) in [6, 6.07) is 10.4. The second kappa shape index (κ2) is 7.54. The highest BCUT2D eigenvalue weighted by molar-refractivity contribution is 7.92. The summed E-state index contributed by atoms with van der Waals surface area (Å²) in [6.07, 6.45) is 1.02. The van der Waals surface area contributed by atoms with Crippen LogP contribution in [-0.2, 0) is 14.8 Å². The molecule has 2 N–H and O–H groups in total. The number of sulfonamides is 1. The zero-order valence-corrected chi connectivity index (χ0v) is 14.9. The third kappa shape index (κ3) is 5.20. The van der Waals surface area contributed by atoms with Crippen LogP contribution in [0.4, 0.5) is 11.4 Å². The summed E-state index contributed by atoms with van der Waals surface area (Å²) in [6.45, 7) is 0. The molecular formula is C16H15ClN2O5S. The quantitative estimate of drug-likeness (QED) is 0.774. The fourth-order valence-corrected chi connectivity index (χ4v) is 2.76. The monoisotopic (exact) mass is 382 g/mol. The topological polar surface area (TPSA) is 102 Å². The van der Waals surface area contributed by atoms with E-state index >= 15 is 0 Å². The van der Waals surface area contributed by atoms with E-state index in [4.69, 9.17) is 11.6 Å². The Morgan fingerprint density at radius 3 is 2.44 bits per heavy atom. The van der Waals surface area contributed by atoms with Crippen molar-refractivity contribution in [2.24, 2.45) is 0 Å². The summed E-state index contributed by atoms with van der Waals surface area (Å²) in [4.78, 5) is 24.0. The number of carbonyl (C=O) groups is 2. The van der Waals surface area contributed by atoms with Crippen molar-refractivity contribution in [2.45, 2.75) is 0 Å². The first-order valence-electron chi connectivity index (χ1n) is 6.96. The number of hydrogen-bond acceptors (Lipinski definition) is 5. The molecule has 0 unspecified atom stereocenters. The van der Waals surface area contributed by atoms with E-state index in [1.807, 2.05) is 0 Å². The van der Waals surface area contributed by atoms with Gasteiger partial charge in [-0.1, -0.05) is 17.7 Å². The smallest absolute Gasteiger partial charge is 0.339 e. The molecule has 2 aromatic rings. The van der Waals surface area contributed by atoms with Crippen molar-refractivity contribution in [1.29, 1.82) is 0 Å². The molecule has 0 atom stereocenters. The normalized spacial score (nSPS) is 10.8. The van der Waals surface area contributed by atoms with E-state index in [1.165, 1.54) is 43.5 Å². The Bertz CT molecular complexity index is 928. The van der Waals surface area contributed by atoms with Gasteiger partial charge in [-0.3, -0.25) is 9.52 Å². The average Bonchev–Trinajstić information content (AvgIpc) is 2.54. The van der Waals surface area contributed by atoms with Crippen LogP contribution in [0.2, 0.25) is 5.02 Å². The van der Waals surface area contributed by atoms with Crippen LogP contribution in [-0.4, -0.2) is 33.7 Å². The van der Waals surface area contributed by atoms with Gasteiger partial charge in [0, 0.05) is 16.9 Å². The lowest BCUT2D eigenvalue weighted by Gasteiger charge is -2.09. The number of esters is 1. The fraction of sp³-hybridized carbons (Fsp3) is 0.125. The zero-order valence-electron chi connectivity index (χ0n) is 13.4. The van der Waals surface area contributed by atoms with E-state index in [9.17, 15) is 18.0 Å². The standard InChI is InChI=1S/C16H15ClN2O5S/c1-24-16(21)13-9-11(6-7-14(13)17)18-15(20)10-4-3-5-12(8-10)19-25(2,22)23/h3-9,19H,1-2H3,(H,18,20). The van der Waals surface area contributed by atoms with Gasteiger partial charge in [-0.05, 0) is 36.4 Å². The number of rotatable bonds is 5. The third-order valence-electron chi connectivity index (χ3n) is 3.06. The van der Waals surface area contributed by atoms with Crippen LogP contribution < -0.4 is 10.0 Å². The Labute approximate surface area is 150 Å². The summed E-state index contributed by atoms with van der Waals surface area (Å²) >= 11 is 5.93. The van der Waals surface area contributed by atoms with Gasteiger partial charge >= 0.3 is 5.97 Å². The summed E-state index contributed by atoms with van der Waals surface area (Å²) in [7, 11) is -2.22. The molecule has 0 saturated heterocycles. The molecule has 0 aromatic heterocycles. The van der Waals surface area contributed by atoms with E-state index in [1.54, 1.807) is 6.07 Å². The number of halogens is 1. The Kier molecular flexibility index (Phi) is 5.66. The number of nitrogens with one attached hydrogen (secondary N) is 2. The highest BCUT2D eigenvalue weighted by Crippen LogP contribution is 2.22. The van der Waals surface area contributed by atoms with E-state index in [2.05, 4.69) is 14.8 Å². The number of hydrogen-bond donors (Lipinski definition) is 2. The van der Waals surface area contributed by atoms with Crippen molar-refractivity contribution in [2.75, 3.05) is 23.4 Å². The molecule has 0 aliphatic rings. The number of anilines is 2. The van der Waals surface area contributed by atoms with Crippen molar-refractivity contribution in [3.63, 3.8) is 0 Å². The van der Waals surface area contributed by atoms with Gasteiger partial charge < -0.3 is 10.1 Å². The van der Waals surface area contributed by atoms with Crippen LogP contribution in [0.3, 0.4) is 0 Å². The Morgan fingerprint density at radius 1 is 1.08 bits per heavy atom. The highest BCUT2D eigenvalue weighted by atomic mass is 35.5. The molecule has 1 amide bonds. The molecule has 0 heterocycles. The van der Waals surface area contributed by atoms with Crippen molar-refractivity contribution in [3.8, 4) is 0 Å². The predicted octanol–water partition coefficient (Wildman–Crippen LogP) is 2.75. The van der Waals surface area contributed by atoms with Gasteiger partial charge in [-0.2, -0.15) is 0 Å². The van der Waals surface area contributed by atoms with Crippen LogP contribution >= 0.6 is 11.6 Å². The molecule has 0 bridgehead atoms. The third-order valence-corrected chi connectivity index (χ3v) is 3.99. The van der Waals surface area contributed by atoms with Crippen LogP contribution in [0, 0.1) is 0 Å². The lowest BCUT2D eigenvalue weighted by Crippen LogP contribution is -2.14.